The maximum Gasteiger partial charge on any atom is 0.252 e. The van der Waals surface area contributed by atoms with Crippen LogP contribution in [0.1, 0.15) is 36.2 Å². The van der Waals surface area contributed by atoms with E-state index in [1.54, 1.807) is 24.3 Å². The lowest BCUT2D eigenvalue weighted by molar-refractivity contribution is -0.118. The first-order chi connectivity index (χ1) is 14.0. The summed E-state index contributed by atoms with van der Waals surface area (Å²) in [6.07, 6.45) is 0.444. The summed E-state index contributed by atoms with van der Waals surface area (Å²) in [5.41, 5.74) is 1.68. The summed E-state index contributed by atoms with van der Waals surface area (Å²) in [6, 6.07) is 12.5. The van der Waals surface area contributed by atoms with Crippen molar-refractivity contribution in [3.05, 3.63) is 59.7 Å². The largest absolute Gasteiger partial charge is 0.340 e. The van der Waals surface area contributed by atoms with Gasteiger partial charge in [0.15, 0.2) is 0 Å². The number of hydrogen-bond acceptors (Lipinski definition) is 4. The van der Waals surface area contributed by atoms with E-state index in [1.165, 1.54) is 26.2 Å². The molecule has 0 unspecified atom stereocenters. The number of anilines is 1. The highest BCUT2D eigenvalue weighted by molar-refractivity contribution is 7.89. The highest BCUT2D eigenvalue weighted by Crippen LogP contribution is 2.19. The molecule has 0 spiro atoms. The lowest BCUT2D eigenvalue weighted by Gasteiger charge is -2.21. The third kappa shape index (κ3) is 5.90. The Kier molecular flexibility index (Phi) is 7.75. The van der Waals surface area contributed by atoms with Crippen molar-refractivity contribution in [2.45, 2.75) is 38.1 Å². The van der Waals surface area contributed by atoms with Crippen molar-refractivity contribution < 1.29 is 18.0 Å². The first kappa shape index (κ1) is 23.6. The molecule has 2 rings (SSSR count). The Morgan fingerprint density at radius 3 is 2.30 bits per heavy atom. The Morgan fingerprint density at radius 1 is 1.03 bits per heavy atom. The van der Waals surface area contributed by atoms with E-state index in [-0.39, 0.29) is 16.7 Å². The van der Waals surface area contributed by atoms with Crippen molar-refractivity contribution in [2.24, 2.45) is 5.92 Å². The number of benzene rings is 2. The number of sulfonamides is 1. The molecule has 2 aromatic carbocycles. The van der Waals surface area contributed by atoms with Crippen LogP contribution in [-0.2, 0) is 14.8 Å². The van der Waals surface area contributed by atoms with Gasteiger partial charge in [0, 0.05) is 25.3 Å². The van der Waals surface area contributed by atoms with Gasteiger partial charge < -0.3 is 10.6 Å². The second-order valence-electron chi connectivity index (χ2n) is 7.78. The van der Waals surface area contributed by atoms with Crippen LogP contribution < -0.4 is 10.6 Å². The van der Waals surface area contributed by atoms with Gasteiger partial charge in [-0.2, -0.15) is 0 Å². The van der Waals surface area contributed by atoms with E-state index >= 15 is 0 Å². The summed E-state index contributed by atoms with van der Waals surface area (Å²) < 4.78 is 25.8. The van der Waals surface area contributed by atoms with Crippen LogP contribution >= 0.6 is 0 Å². The molecule has 2 amide bonds. The van der Waals surface area contributed by atoms with E-state index in [9.17, 15) is 18.0 Å². The summed E-state index contributed by atoms with van der Waals surface area (Å²) in [4.78, 5) is 25.7. The van der Waals surface area contributed by atoms with Crippen LogP contribution in [0.25, 0.3) is 0 Å². The van der Waals surface area contributed by atoms with Crippen LogP contribution in [0.4, 0.5) is 5.69 Å². The molecule has 162 valence electrons. The lowest BCUT2D eigenvalue weighted by Crippen LogP contribution is -2.44. The smallest absolute Gasteiger partial charge is 0.252 e. The van der Waals surface area contributed by atoms with Gasteiger partial charge in [-0.3, -0.25) is 9.59 Å². The Bertz CT molecular complexity index is 1020. The zero-order valence-corrected chi connectivity index (χ0v) is 18.8. The number of amides is 2. The van der Waals surface area contributed by atoms with Gasteiger partial charge in [-0.05, 0) is 49.1 Å². The Labute approximate surface area is 178 Å². The lowest BCUT2D eigenvalue weighted by atomic mass is 10.0. The standard InChI is InChI=1S/C22H29N3O4S/c1-15(2)13-20(24-21(26)19-12-7-6-9-16(19)3)22(27)23-17-10-8-11-18(14-17)30(28,29)25(4)5/h6-12,14-15,20H,13H2,1-5H3,(H,23,27)(H,24,26)/t20-/m0/s1. The first-order valence-electron chi connectivity index (χ1n) is 9.72. The van der Waals surface area contributed by atoms with Crippen LogP contribution in [0.5, 0.6) is 0 Å². The van der Waals surface area contributed by atoms with Crippen LogP contribution in [-0.4, -0.2) is 44.7 Å². The van der Waals surface area contributed by atoms with Gasteiger partial charge in [0.05, 0.1) is 4.90 Å². The molecule has 0 saturated heterocycles. The zero-order chi connectivity index (χ0) is 22.5. The topological polar surface area (TPSA) is 95.6 Å². The number of carbonyl (C=O) groups excluding carboxylic acids is 2. The van der Waals surface area contributed by atoms with Gasteiger partial charge in [-0.1, -0.05) is 38.1 Å². The normalized spacial score (nSPS) is 12.6. The van der Waals surface area contributed by atoms with E-state index in [2.05, 4.69) is 10.6 Å². The maximum absolute atomic E-state index is 12.9. The fourth-order valence-electron chi connectivity index (χ4n) is 2.94. The molecule has 2 aromatic rings. The molecule has 0 radical (unpaired) electrons. The minimum absolute atomic E-state index is 0.0784. The predicted molar refractivity (Wildman–Crippen MR) is 118 cm³/mol. The summed E-state index contributed by atoms with van der Waals surface area (Å²) in [7, 11) is -0.732. The van der Waals surface area contributed by atoms with Crippen LogP contribution in [0.3, 0.4) is 0 Å². The van der Waals surface area contributed by atoms with Crippen molar-refractivity contribution in [2.75, 3.05) is 19.4 Å². The molecule has 8 heteroatoms. The van der Waals surface area contributed by atoms with Gasteiger partial charge in [-0.25, -0.2) is 12.7 Å². The van der Waals surface area contributed by atoms with Crippen molar-refractivity contribution in [3.63, 3.8) is 0 Å². The molecule has 7 nitrogen and oxygen atoms in total. The molecule has 0 bridgehead atoms. The maximum atomic E-state index is 12.9. The number of hydrogen-bond donors (Lipinski definition) is 2. The summed E-state index contributed by atoms with van der Waals surface area (Å²) >= 11 is 0. The molecule has 30 heavy (non-hydrogen) atoms. The number of carbonyl (C=O) groups is 2. The zero-order valence-electron chi connectivity index (χ0n) is 18.0. The van der Waals surface area contributed by atoms with Crippen molar-refractivity contribution in [1.29, 1.82) is 0 Å². The molecule has 0 fully saturated rings. The molecule has 0 aliphatic carbocycles. The second-order valence-corrected chi connectivity index (χ2v) is 9.93. The fourth-order valence-corrected chi connectivity index (χ4v) is 3.89. The van der Waals surface area contributed by atoms with Crippen LogP contribution in [0.2, 0.25) is 0 Å². The Balaban J connectivity index is 2.22. The predicted octanol–water partition coefficient (Wildman–Crippen LogP) is 3.03. The minimum atomic E-state index is -3.62. The monoisotopic (exact) mass is 431 g/mol. The Hall–Kier alpha value is -2.71. The average Bonchev–Trinajstić information content (AvgIpc) is 2.67. The first-order valence-corrected chi connectivity index (χ1v) is 11.2. The van der Waals surface area contributed by atoms with Gasteiger partial charge in [0.1, 0.15) is 6.04 Å². The molecular weight excluding hydrogens is 402 g/mol. The van der Waals surface area contributed by atoms with E-state index in [4.69, 9.17) is 0 Å². The number of nitrogens with one attached hydrogen (secondary N) is 2. The van der Waals surface area contributed by atoms with Gasteiger partial charge >= 0.3 is 0 Å². The SMILES string of the molecule is Cc1ccccc1C(=O)N[C@@H](CC(C)C)C(=O)Nc1cccc(S(=O)(=O)N(C)C)c1. The third-order valence-electron chi connectivity index (χ3n) is 4.60. The van der Waals surface area contributed by atoms with E-state index in [0.717, 1.165) is 9.87 Å². The second kappa shape index (κ2) is 9.86. The van der Waals surface area contributed by atoms with E-state index in [1.807, 2.05) is 32.9 Å². The van der Waals surface area contributed by atoms with E-state index < -0.39 is 22.0 Å². The minimum Gasteiger partial charge on any atom is -0.340 e. The van der Waals surface area contributed by atoms with Crippen LogP contribution in [0.15, 0.2) is 53.4 Å². The average molecular weight is 432 g/mol. The van der Waals surface area contributed by atoms with Crippen LogP contribution in [0, 0.1) is 12.8 Å². The molecule has 0 saturated carbocycles. The van der Waals surface area contributed by atoms with Gasteiger partial charge in [-0.15, -0.1) is 0 Å². The number of aryl methyl sites for hydroxylation is 1. The van der Waals surface area contributed by atoms with Gasteiger partial charge in [0.2, 0.25) is 15.9 Å². The quantitative estimate of drug-likeness (QED) is 0.672. The summed E-state index contributed by atoms with van der Waals surface area (Å²) in [6.45, 7) is 5.76. The van der Waals surface area contributed by atoms with E-state index in [0.29, 0.717) is 17.7 Å². The molecule has 0 aliphatic rings. The van der Waals surface area contributed by atoms with Crippen molar-refractivity contribution >= 4 is 27.5 Å². The molecule has 1 atom stereocenters. The summed E-state index contributed by atoms with van der Waals surface area (Å²) in [5, 5.41) is 5.54. The fraction of sp³-hybridized carbons (Fsp3) is 0.364. The highest BCUT2D eigenvalue weighted by atomic mass is 32.2. The van der Waals surface area contributed by atoms with Crippen molar-refractivity contribution in [3.8, 4) is 0 Å². The molecular formula is C22H29N3O4S. The van der Waals surface area contributed by atoms with Gasteiger partial charge in [0.25, 0.3) is 5.91 Å². The van der Waals surface area contributed by atoms with Crippen molar-refractivity contribution in [1.82, 2.24) is 9.62 Å². The third-order valence-corrected chi connectivity index (χ3v) is 6.41. The molecule has 2 N–H and O–H groups in total. The molecule has 0 heterocycles. The number of rotatable bonds is 8. The number of nitrogens with zero attached hydrogens (tertiary/aromatic N) is 1. The molecule has 0 aliphatic heterocycles. The Morgan fingerprint density at radius 2 is 1.70 bits per heavy atom. The summed E-state index contributed by atoms with van der Waals surface area (Å²) in [5.74, 6) is -0.554. The molecule has 0 aromatic heterocycles. The highest BCUT2D eigenvalue weighted by Gasteiger charge is 2.24.